The third-order valence-electron chi connectivity index (χ3n) is 4.42. The van der Waals surface area contributed by atoms with Gasteiger partial charge in [-0.2, -0.15) is 0 Å². The lowest BCUT2D eigenvalue weighted by Gasteiger charge is -2.21. The van der Waals surface area contributed by atoms with Gasteiger partial charge in [0.25, 0.3) is 0 Å². The van der Waals surface area contributed by atoms with E-state index in [1.54, 1.807) is 6.20 Å². The van der Waals surface area contributed by atoms with Gasteiger partial charge in [0.2, 0.25) is 0 Å². The van der Waals surface area contributed by atoms with Crippen LogP contribution in [0.25, 0.3) is 0 Å². The maximum atomic E-state index is 12.4. The van der Waals surface area contributed by atoms with Crippen LogP contribution in [-0.2, 0) is 0 Å². The largest absolute Gasteiger partial charge is 0.396 e. The summed E-state index contributed by atoms with van der Waals surface area (Å²) >= 11 is 0. The van der Waals surface area contributed by atoms with Crippen molar-refractivity contribution in [3.8, 4) is 0 Å². The number of hydrogen-bond donors (Lipinski definition) is 3. The molecule has 6 heteroatoms. The van der Waals surface area contributed by atoms with Crippen molar-refractivity contribution in [3.05, 3.63) is 60.3 Å². The number of anilines is 1. The summed E-state index contributed by atoms with van der Waals surface area (Å²) in [6.45, 7) is 1.65. The number of nitrogens with one attached hydrogen (secondary N) is 2. The molecule has 2 aromatic rings. The van der Waals surface area contributed by atoms with Crippen LogP contribution in [0.15, 0.2) is 54.7 Å². The summed E-state index contributed by atoms with van der Waals surface area (Å²) in [6.07, 6.45) is 3.16. The number of urea groups is 1. The molecule has 6 nitrogen and oxygen atoms in total. The Morgan fingerprint density at radius 3 is 2.76 bits per heavy atom. The highest BCUT2D eigenvalue weighted by Gasteiger charge is 2.25. The second kappa shape index (κ2) is 8.48. The molecule has 1 aliphatic heterocycles. The third kappa shape index (κ3) is 4.70. The number of carbonyl (C=O) groups excluding carboxylic acids is 1. The smallest absolute Gasteiger partial charge is 0.315 e. The molecule has 3 N–H and O–H groups in total. The number of benzene rings is 1. The second-order valence-electron chi connectivity index (χ2n) is 6.21. The number of aliphatic hydroxyl groups excluding tert-OH is 1. The lowest BCUT2D eigenvalue weighted by atomic mass is 10.0. The number of aromatic nitrogens is 1. The van der Waals surface area contributed by atoms with E-state index in [1.165, 1.54) is 0 Å². The average Bonchev–Trinajstić information content (AvgIpc) is 3.11. The van der Waals surface area contributed by atoms with Gasteiger partial charge in [0.1, 0.15) is 5.82 Å². The van der Waals surface area contributed by atoms with E-state index in [1.807, 2.05) is 48.5 Å². The predicted octanol–water partition coefficient (Wildman–Crippen LogP) is 2.08. The average molecular weight is 340 g/mol. The molecular formula is C19H24N4O2. The molecule has 0 spiro atoms. The second-order valence-corrected chi connectivity index (χ2v) is 6.21. The van der Waals surface area contributed by atoms with E-state index in [9.17, 15) is 9.90 Å². The molecule has 0 bridgehead atoms. The van der Waals surface area contributed by atoms with E-state index in [0.717, 1.165) is 30.9 Å². The fourth-order valence-electron chi connectivity index (χ4n) is 3.15. The number of rotatable bonds is 6. The molecule has 25 heavy (non-hydrogen) atoms. The highest BCUT2D eigenvalue weighted by Crippen LogP contribution is 2.18. The first kappa shape index (κ1) is 17.2. The van der Waals surface area contributed by atoms with Crippen LogP contribution in [0.4, 0.5) is 10.6 Å². The molecular weight excluding hydrogens is 316 g/mol. The molecule has 1 fully saturated rings. The summed E-state index contributed by atoms with van der Waals surface area (Å²) in [4.78, 5) is 18.9. The monoisotopic (exact) mass is 340 g/mol. The van der Waals surface area contributed by atoms with Crippen molar-refractivity contribution < 1.29 is 9.90 Å². The maximum Gasteiger partial charge on any atom is 0.315 e. The minimum atomic E-state index is -0.199. The first-order valence-corrected chi connectivity index (χ1v) is 8.65. The van der Waals surface area contributed by atoms with Crippen LogP contribution in [-0.4, -0.2) is 41.9 Å². The van der Waals surface area contributed by atoms with E-state index in [4.69, 9.17) is 0 Å². The van der Waals surface area contributed by atoms with Crippen molar-refractivity contribution in [3.63, 3.8) is 0 Å². The number of nitrogens with zero attached hydrogens (tertiary/aromatic N) is 2. The third-order valence-corrected chi connectivity index (χ3v) is 4.42. The Balaban J connectivity index is 1.53. The van der Waals surface area contributed by atoms with Gasteiger partial charge in [-0.15, -0.1) is 0 Å². The van der Waals surface area contributed by atoms with Gasteiger partial charge in [0, 0.05) is 31.9 Å². The molecule has 0 radical (unpaired) electrons. The zero-order chi connectivity index (χ0) is 17.5. The van der Waals surface area contributed by atoms with Gasteiger partial charge in [0.15, 0.2) is 0 Å². The number of hydrogen-bond acceptors (Lipinski definition) is 4. The quantitative estimate of drug-likeness (QED) is 0.752. The van der Waals surface area contributed by atoms with E-state index < -0.39 is 0 Å². The highest BCUT2D eigenvalue weighted by molar-refractivity contribution is 5.75. The van der Waals surface area contributed by atoms with Gasteiger partial charge < -0.3 is 20.6 Å². The molecule has 1 unspecified atom stereocenters. The first-order chi connectivity index (χ1) is 12.3. The summed E-state index contributed by atoms with van der Waals surface area (Å²) in [6, 6.07) is 15.3. The summed E-state index contributed by atoms with van der Waals surface area (Å²) in [5.74, 6) is 0.939. The molecule has 2 amide bonds. The van der Waals surface area contributed by atoms with Crippen LogP contribution in [0.1, 0.15) is 24.4 Å². The van der Waals surface area contributed by atoms with Gasteiger partial charge >= 0.3 is 6.03 Å². The minimum absolute atomic E-state index is 0.0245. The van der Waals surface area contributed by atoms with Gasteiger partial charge in [-0.3, -0.25) is 0 Å². The number of amides is 2. The van der Waals surface area contributed by atoms with Gasteiger partial charge in [-0.25, -0.2) is 9.78 Å². The zero-order valence-corrected chi connectivity index (χ0v) is 14.1. The fourth-order valence-corrected chi connectivity index (χ4v) is 3.15. The lowest BCUT2D eigenvalue weighted by Crippen LogP contribution is -2.44. The van der Waals surface area contributed by atoms with E-state index in [0.29, 0.717) is 6.42 Å². The van der Waals surface area contributed by atoms with Crippen LogP contribution in [0, 0.1) is 0 Å². The maximum absolute atomic E-state index is 12.4. The first-order valence-electron chi connectivity index (χ1n) is 8.65. The van der Waals surface area contributed by atoms with Crippen molar-refractivity contribution in [1.29, 1.82) is 0 Å². The Bertz CT molecular complexity index is 666. The molecule has 2 heterocycles. The Hall–Kier alpha value is -2.60. The Kier molecular flexibility index (Phi) is 5.85. The van der Waals surface area contributed by atoms with Crippen LogP contribution in [0.3, 0.4) is 0 Å². The van der Waals surface area contributed by atoms with Crippen LogP contribution in [0.5, 0.6) is 0 Å². The molecule has 1 aliphatic rings. The van der Waals surface area contributed by atoms with Crippen molar-refractivity contribution in [1.82, 2.24) is 15.6 Å². The highest BCUT2D eigenvalue weighted by atomic mass is 16.3. The minimum Gasteiger partial charge on any atom is -0.396 e. The van der Waals surface area contributed by atoms with Crippen molar-refractivity contribution in [2.24, 2.45) is 0 Å². The summed E-state index contributed by atoms with van der Waals surface area (Å²) in [5, 5.41) is 15.3. The van der Waals surface area contributed by atoms with Gasteiger partial charge in [-0.05, 0) is 30.5 Å². The molecule has 1 saturated heterocycles. The Morgan fingerprint density at radius 2 is 2.04 bits per heavy atom. The molecule has 0 saturated carbocycles. The molecule has 3 rings (SSSR count). The molecule has 1 aromatic heterocycles. The van der Waals surface area contributed by atoms with Gasteiger partial charge in [0.05, 0.1) is 6.04 Å². The normalized spacial score (nSPS) is 18.0. The predicted molar refractivity (Wildman–Crippen MR) is 97.4 cm³/mol. The molecule has 0 aliphatic carbocycles. The zero-order valence-electron chi connectivity index (χ0n) is 14.1. The van der Waals surface area contributed by atoms with E-state index in [2.05, 4.69) is 20.5 Å². The summed E-state index contributed by atoms with van der Waals surface area (Å²) in [7, 11) is 0. The number of aliphatic hydroxyl groups is 1. The van der Waals surface area contributed by atoms with Gasteiger partial charge in [-0.1, -0.05) is 36.4 Å². The number of carbonyl (C=O) groups is 1. The summed E-state index contributed by atoms with van der Waals surface area (Å²) < 4.78 is 0. The fraction of sp³-hybridized carbons (Fsp3) is 0.368. The summed E-state index contributed by atoms with van der Waals surface area (Å²) in [5.41, 5.74) is 0.994. The standard InChI is InChI=1S/C19H24N4O2/c24-13-10-17(15-6-2-1-3-7-15)22-19(25)21-16-9-12-23(14-16)18-8-4-5-11-20-18/h1-8,11,16-17,24H,9-10,12-14H2,(H2,21,22,25)/t16?,17-/m1/s1. The number of pyridine rings is 1. The van der Waals surface area contributed by atoms with Crippen LogP contribution in [0.2, 0.25) is 0 Å². The van der Waals surface area contributed by atoms with Crippen molar-refractivity contribution in [2.75, 3.05) is 24.6 Å². The Labute approximate surface area is 147 Å². The SMILES string of the molecule is O=C(NC1CCN(c2ccccn2)C1)N[C@H](CCO)c1ccccc1. The van der Waals surface area contributed by atoms with E-state index in [-0.39, 0.29) is 24.7 Å². The topological polar surface area (TPSA) is 77.5 Å². The Morgan fingerprint density at radius 1 is 1.24 bits per heavy atom. The van der Waals surface area contributed by atoms with Crippen molar-refractivity contribution in [2.45, 2.75) is 24.9 Å². The molecule has 1 aromatic carbocycles. The van der Waals surface area contributed by atoms with E-state index >= 15 is 0 Å². The van der Waals surface area contributed by atoms with Crippen molar-refractivity contribution >= 4 is 11.8 Å². The lowest BCUT2D eigenvalue weighted by molar-refractivity contribution is 0.226. The van der Waals surface area contributed by atoms with Crippen LogP contribution >= 0.6 is 0 Å². The molecule has 2 atom stereocenters. The molecule has 132 valence electrons. The van der Waals surface area contributed by atoms with Crippen LogP contribution < -0.4 is 15.5 Å².